The van der Waals surface area contributed by atoms with Crippen LogP contribution in [0.3, 0.4) is 0 Å². The highest BCUT2D eigenvalue weighted by Crippen LogP contribution is 2.32. The molecular formula is C11H23NOS. The van der Waals surface area contributed by atoms with Crippen LogP contribution < -0.4 is 5.32 Å². The smallest absolute Gasteiger partial charge is 0.0479 e. The summed E-state index contributed by atoms with van der Waals surface area (Å²) in [5, 5.41) is 3.57. The second-order valence-corrected chi connectivity index (χ2v) is 5.80. The van der Waals surface area contributed by atoms with E-state index in [9.17, 15) is 0 Å². The van der Waals surface area contributed by atoms with Gasteiger partial charge in [0.1, 0.15) is 0 Å². The van der Waals surface area contributed by atoms with Gasteiger partial charge in [0.2, 0.25) is 0 Å². The normalized spacial score (nSPS) is 21.4. The quantitative estimate of drug-likeness (QED) is 0.762. The van der Waals surface area contributed by atoms with Crippen molar-refractivity contribution < 1.29 is 4.74 Å². The molecule has 0 spiro atoms. The van der Waals surface area contributed by atoms with Gasteiger partial charge in [0.15, 0.2) is 0 Å². The number of hydrogen-bond acceptors (Lipinski definition) is 3. The molecule has 1 rings (SSSR count). The van der Waals surface area contributed by atoms with Crippen LogP contribution in [-0.2, 0) is 4.74 Å². The largest absolute Gasteiger partial charge is 0.381 e. The summed E-state index contributed by atoms with van der Waals surface area (Å²) in [5.41, 5.74) is 0. The third-order valence-corrected chi connectivity index (χ3v) is 4.26. The number of hydrogen-bond donors (Lipinski definition) is 1. The molecule has 14 heavy (non-hydrogen) atoms. The van der Waals surface area contributed by atoms with Gasteiger partial charge in [-0.2, -0.15) is 11.8 Å². The zero-order valence-electron chi connectivity index (χ0n) is 9.64. The van der Waals surface area contributed by atoms with Crippen LogP contribution in [0, 0.1) is 5.92 Å². The van der Waals surface area contributed by atoms with Crippen LogP contribution in [-0.4, -0.2) is 37.3 Å². The van der Waals surface area contributed by atoms with Gasteiger partial charge in [-0.3, -0.25) is 0 Å². The van der Waals surface area contributed by atoms with Crippen LogP contribution >= 0.6 is 11.8 Å². The third-order valence-electron chi connectivity index (χ3n) is 2.84. The Hall–Kier alpha value is 0.270. The molecule has 1 saturated heterocycles. The van der Waals surface area contributed by atoms with Gasteiger partial charge in [-0.25, -0.2) is 0 Å². The fourth-order valence-corrected chi connectivity index (χ4v) is 2.61. The van der Waals surface area contributed by atoms with Gasteiger partial charge in [-0.1, -0.05) is 13.8 Å². The Balaban J connectivity index is 2.29. The molecule has 0 aromatic heterocycles. The maximum Gasteiger partial charge on any atom is 0.0479 e. The molecule has 1 heterocycles. The average Bonchev–Trinajstić information content (AvgIpc) is 2.19. The molecule has 0 aliphatic carbocycles. The lowest BCUT2D eigenvalue weighted by atomic mass is 9.99. The maximum atomic E-state index is 5.41. The van der Waals surface area contributed by atoms with Crippen molar-refractivity contribution in [3.8, 4) is 0 Å². The molecule has 0 radical (unpaired) electrons. The summed E-state index contributed by atoms with van der Waals surface area (Å²) in [5.74, 6) is 0.744. The average molecular weight is 217 g/mol. The van der Waals surface area contributed by atoms with Crippen LogP contribution in [0.4, 0.5) is 0 Å². The molecule has 0 aromatic rings. The lowest BCUT2D eigenvalue weighted by Crippen LogP contribution is -2.43. The van der Waals surface area contributed by atoms with Gasteiger partial charge in [0, 0.05) is 24.5 Å². The predicted molar refractivity (Wildman–Crippen MR) is 64.0 cm³/mol. The molecule has 0 saturated carbocycles. The van der Waals surface area contributed by atoms with Crippen molar-refractivity contribution in [1.29, 1.82) is 0 Å². The SMILES string of the molecule is CSC1(CNCC(C)C)CCOCC1. The van der Waals surface area contributed by atoms with Crippen molar-refractivity contribution in [3.05, 3.63) is 0 Å². The second kappa shape index (κ2) is 5.99. The van der Waals surface area contributed by atoms with E-state index in [1.54, 1.807) is 0 Å². The van der Waals surface area contributed by atoms with E-state index in [4.69, 9.17) is 4.74 Å². The van der Waals surface area contributed by atoms with Gasteiger partial charge in [-0.15, -0.1) is 0 Å². The minimum atomic E-state index is 0.438. The summed E-state index contributed by atoms with van der Waals surface area (Å²) in [6, 6.07) is 0. The molecule has 2 nitrogen and oxygen atoms in total. The second-order valence-electron chi connectivity index (χ2n) is 4.52. The highest BCUT2D eigenvalue weighted by Gasteiger charge is 2.31. The molecule has 1 aliphatic heterocycles. The summed E-state index contributed by atoms with van der Waals surface area (Å²) in [6.45, 7) is 8.64. The first-order valence-electron chi connectivity index (χ1n) is 5.52. The molecule has 1 aliphatic rings. The van der Waals surface area contributed by atoms with Crippen molar-refractivity contribution in [1.82, 2.24) is 5.32 Å². The summed E-state index contributed by atoms with van der Waals surface area (Å²) in [6.07, 6.45) is 4.61. The van der Waals surface area contributed by atoms with E-state index in [2.05, 4.69) is 25.4 Å². The standard InChI is InChI=1S/C11H23NOS/c1-10(2)8-12-9-11(14-3)4-6-13-7-5-11/h10,12H,4-9H2,1-3H3. The van der Waals surface area contributed by atoms with Crippen molar-refractivity contribution >= 4 is 11.8 Å². The van der Waals surface area contributed by atoms with E-state index < -0.39 is 0 Å². The summed E-state index contributed by atoms with van der Waals surface area (Å²) < 4.78 is 5.85. The van der Waals surface area contributed by atoms with Gasteiger partial charge in [0.25, 0.3) is 0 Å². The highest BCUT2D eigenvalue weighted by molar-refractivity contribution is 8.00. The van der Waals surface area contributed by atoms with Crippen molar-refractivity contribution in [2.45, 2.75) is 31.4 Å². The van der Waals surface area contributed by atoms with E-state index in [1.807, 2.05) is 11.8 Å². The first-order valence-corrected chi connectivity index (χ1v) is 6.75. The summed E-state index contributed by atoms with van der Waals surface area (Å²) in [4.78, 5) is 0. The Bertz CT molecular complexity index is 155. The Morgan fingerprint density at radius 1 is 1.36 bits per heavy atom. The molecular weight excluding hydrogens is 194 g/mol. The van der Waals surface area contributed by atoms with Gasteiger partial charge in [0.05, 0.1) is 0 Å². The Kier molecular flexibility index (Phi) is 5.28. The summed E-state index contributed by atoms with van der Waals surface area (Å²) >= 11 is 2.00. The Morgan fingerprint density at radius 3 is 2.50 bits per heavy atom. The number of thioether (sulfide) groups is 1. The number of ether oxygens (including phenoxy) is 1. The van der Waals surface area contributed by atoms with Gasteiger partial charge in [-0.05, 0) is 31.6 Å². The minimum Gasteiger partial charge on any atom is -0.381 e. The zero-order valence-corrected chi connectivity index (χ0v) is 10.5. The van der Waals surface area contributed by atoms with Crippen molar-refractivity contribution in [2.75, 3.05) is 32.6 Å². The molecule has 1 fully saturated rings. The van der Waals surface area contributed by atoms with E-state index in [1.165, 1.54) is 12.8 Å². The fourth-order valence-electron chi connectivity index (χ4n) is 1.79. The molecule has 0 amide bonds. The van der Waals surface area contributed by atoms with Crippen LogP contribution in [0.5, 0.6) is 0 Å². The molecule has 0 bridgehead atoms. The Labute approximate surface area is 92.2 Å². The van der Waals surface area contributed by atoms with E-state index in [-0.39, 0.29) is 0 Å². The lowest BCUT2D eigenvalue weighted by Gasteiger charge is -2.36. The van der Waals surface area contributed by atoms with Crippen molar-refractivity contribution in [3.63, 3.8) is 0 Å². The highest BCUT2D eigenvalue weighted by atomic mass is 32.2. The topological polar surface area (TPSA) is 21.3 Å². The third kappa shape index (κ3) is 3.79. The lowest BCUT2D eigenvalue weighted by molar-refractivity contribution is 0.0771. The van der Waals surface area contributed by atoms with E-state index in [0.717, 1.165) is 32.2 Å². The predicted octanol–water partition coefficient (Wildman–Crippen LogP) is 2.14. The zero-order chi connectivity index (χ0) is 10.4. The van der Waals surface area contributed by atoms with Crippen molar-refractivity contribution in [2.24, 2.45) is 5.92 Å². The number of rotatable bonds is 5. The van der Waals surface area contributed by atoms with Crippen LogP contribution in [0.25, 0.3) is 0 Å². The molecule has 84 valence electrons. The van der Waals surface area contributed by atoms with Crippen LogP contribution in [0.2, 0.25) is 0 Å². The first kappa shape index (κ1) is 12.3. The van der Waals surface area contributed by atoms with Crippen LogP contribution in [0.1, 0.15) is 26.7 Å². The minimum absolute atomic E-state index is 0.438. The van der Waals surface area contributed by atoms with Gasteiger partial charge < -0.3 is 10.1 Å². The van der Waals surface area contributed by atoms with Gasteiger partial charge >= 0.3 is 0 Å². The Morgan fingerprint density at radius 2 is 2.00 bits per heavy atom. The molecule has 0 aromatic carbocycles. The monoisotopic (exact) mass is 217 g/mol. The fraction of sp³-hybridized carbons (Fsp3) is 1.00. The van der Waals surface area contributed by atoms with Crippen LogP contribution in [0.15, 0.2) is 0 Å². The molecule has 1 N–H and O–H groups in total. The van der Waals surface area contributed by atoms with E-state index >= 15 is 0 Å². The molecule has 0 atom stereocenters. The van der Waals surface area contributed by atoms with E-state index in [0.29, 0.717) is 4.75 Å². The molecule has 3 heteroatoms. The first-order chi connectivity index (χ1) is 6.68. The maximum absolute atomic E-state index is 5.41. The number of nitrogens with one attached hydrogen (secondary N) is 1. The summed E-state index contributed by atoms with van der Waals surface area (Å²) in [7, 11) is 0. The molecule has 0 unspecified atom stereocenters.